The number of carbonyl (C=O) groups is 2. The molecule has 1 N–H and O–H groups in total. The second-order valence-corrected chi connectivity index (χ2v) is 25.4. The van der Waals surface area contributed by atoms with E-state index in [1.165, 1.54) is 180 Å². The molecule has 0 bridgehead atoms. The van der Waals surface area contributed by atoms with Gasteiger partial charge in [-0.15, -0.1) is 0 Å². The number of amides is 1. The standard InChI is InChI=1S/C71H129N2O7P/c1-7-10-13-16-19-22-25-27-29-31-33-34-35-36-37-38-40-42-44-46-49-52-55-58-61-64-71(75)80-69(62-59-56-53-50-47-24-21-18-15-12-9-3)68(67-79-81(76,77)78-66-65-73(4,5)6)72-70(74)63-60-57-54-51-48-45-43-41-39-32-30-28-26-23-20-17-14-11-8-2/h19-20,22-23,27-30,39,41,45,48,59,62,68-69H,7-18,21,24-26,31-38,40,42-44,46-47,49-58,60-61,63-67H2,1-6H3,(H-,72,74,76,77)/b22-19-,23-20-,29-27-,30-28-,41-39-,48-45-,62-59-. The van der Waals surface area contributed by atoms with E-state index in [0.717, 1.165) is 83.5 Å². The van der Waals surface area contributed by atoms with Crippen molar-refractivity contribution < 1.29 is 37.3 Å². The minimum atomic E-state index is -4.71. The van der Waals surface area contributed by atoms with Crippen LogP contribution >= 0.6 is 7.82 Å². The lowest BCUT2D eigenvalue weighted by Gasteiger charge is -2.30. The van der Waals surface area contributed by atoms with Gasteiger partial charge in [0.25, 0.3) is 7.82 Å². The van der Waals surface area contributed by atoms with Crippen molar-refractivity contribution in [2.45, 2.75) is 315 Å². The van der Waals surface area contributed by atoms with Crippen LogP contribution < -0.4 is 10.2 Å². The van der Waals surface area contributed by atoms with Crippen LogP contribution in [0.1, 0.15) is 303 Å². The molecule has 0 aliphatic carbocycles. The third-order valence-corrected chi connectivity index (χ3v) is 15.8. The van der Waals surface area contributed by atoms with Gasteiger partial charge in [0.1, 0.15) is 19.3 Å². The highest BCUT2D eigenvalue weighted by Gasteiger charge is 2.27. The average molecular weight is 1150 g/mol. The lowest BCUT2D eigenvalue weighted by atomic mass is 10.0. The van der Waals surface area contributed by atoms with E-state index in [9.17, 15) is 19.0 Å². The Kier molecular flexibility index (Phi) is 58.2. The normalized spacial score (nSPS) is 14.1. The number of hydrogen-bond donors (Lipinski definition) is 1. The molecule has 0 radical (unpaired) electrons. The first-order valence-corrected chi connectivity index (χ1v) is 35.4. The molecule has 1 amide bonds. The number of rotatable bonds is 61. The monoisotopic (exact) mass is 1150 g/mol. The molecule has 0 heterocycles. The van der Waals surface area contributed by atoms with Gasteiger partial charge in [-0.05, 0) is 109 Å². The van der Waals surface area contributed by atoms with Crippen LogP contribution in [0.5, 0.6) is 0 Å². The molecule has 0 fully saturated rings. The number of esters is 1. The molecule has 0 aliphatic heterocycles. The van der Waals surface area contributed by atoms with Crippen LogP contribution in [0.25, 0.3) is 0 Å². The van der Waals surface area contributed by atoms with Crippen LogP contribution in [0.15, 0.2) is 85.1 Å². The van der Waals surface area contributed by atoms with E-state index in [-0.39, 0.29) is 31.3 Å². The van der Waals surface area contributed by atoms with Gasteiger partial charge in [-0.25, -0.2) is 0 Å². The number of hydrogen-bond acceptors (Lipinski definition) is 7. The topological polar surface area (TPSA) is 114 Å². The summed E-state index contributed by atoms with van der Waals surface area (Å²) in [5, 5.41) is 3.02. The number of unbranched alkanes of at least 4 members (excludes halogenated alkanes) is 33. The van der Waals surface area contributed by atoms with Crippen LogP contribution in [-0.2, 0) is 27.9 Å². The van der Waals surface area contributed by atoms with Gasteiger partial charge in [0.05, 0.1) is 33.8 Å². The van der Waals surface area contributed by atoms with Crippen molar-refractivity contribution in [2.75, 3.05) is 40.9 Å². The fraction of sp³-hybridized carbons (Fsp3) is 0.775. The highest BCUT2D eigenvalue weighted by molar-refractivity contribution is 7.45. The maximum absolute atomic E-state index is 13.5. The Morgan fingerprint density at radius 3 is 1.16 bits per heavy atom. The SMILES string of the molecule is CCCCC/C=C\C/C=C\C/C=C\C/C=C\CCCCCC(=O)NC(COP(=O)([O-])OCC[N+](C)(C)C)C(/C=C\CCCCCCCCCCC)OC(=O)CCCCCCCCCCCCCCCCC/C=C\C/C=C\CCCCC. The summed E-state index contributed by atoms with van der Waals surface area (Å²) < 4.78 is 30.4. The Hall–Kier alpha value is -2.81. The molecule has 0 spiro atoms. The number of ether oxygens (including phenoxy) is 1. The minimum absolute atomic E-state index is 0.0311. The zero-order valence-electron chi connectivity index (χ0n) is 53.7. The summed E-state index contributed by atoms with van der Waals surface area (Å²) in [6.07, 6.45) is 79.9. The molecule has 0 aliphatic rings. The predicted molar refractivity (Wildman–Crippen MR) is 348 cm³/mol. The fourth-order valence-electron chi connectivity index (χ4n) is 9.54. The van der Waals surface area contributed by atoms with Gasteiger partial charge in [-0.3, -0.25) is 14.2 Å². The Morgan fingerprint density at radius 1 is 0.432 bits per heavy atom. The quantitative estimate of drug-likeness (QED) is 0.0212. The third kappa shape index (κ3) is 61.6. The molecule has 0 aromatic heterocycles. The van der Waals surface area contributed by atoms with E-state index in [4.69, 9.17) is 13.8 Å². The van der Waals surface area contributed by atoms with E-state index in [0.29, 0.717) is 17.4 Å². The smallest absolute Gasteiger partial charge is 0.306 e. The summed E-state index contributed by atoms with van der Waals surface area (Å²) in [6.45, 7) is 6.78. The molecular formula is C71H129N2O7P. The Morgan fingerprint density at radius 2 is 0.753 bits per heavy atom. The molecule has 81 heavy (non-hydrogen) atoms. The summed E-state index contributed by atoms with van der Waals surface area (Å²) in [5.74, 6) is -0.573. The molecule has 0 aromatic rings. The zero-order chi connectivity index (χ0) is 59.3. The Bertz CT molecular complexity index is 1660. The first-order chi connectivity index (χ1) is 39.4. The summed E-state index contributed by atoms with van der Waals surface area (Å²) >= 11 is 0. The van der Waals surface area contributed by atoms with E-state index in [1.54, 1.807) is 0 Å². The minimum Gasteiger partial charge on any atom is -0.756 e. The fourth-order valence-corrected chi connectivity index (χ4v) is 10.3. The van der Waals surface area contributed by atoms with Crippen molar-refractivity contribution in [1.29, 1.82) is 0 Å². The summed E-state index contributed by atoms with van der Waals surface area (Å²) in [4.78, 5) is 40.1. The molecule has 0 saturated heterocycles. The van der Waals surface area contributed by atoms with Gasteiger partial charge in [-0.1, -0.05) is 267 Å². The van der Waals surface area contributed by atoms with Crippen molar-refractivity contribution in [1.82, 2.24) is 5.32 Å². The summed E-state index contributed by atoms with van der Waals surface area (Å²) in [7, 11) is 1.16. The predicted octanol–water partition coefficient (Wildman–Crippen LogP) is 20.7. The number of nitrogens with one attached hydrogen (secondary N) is 1. The van der Waals surface area contributed by atoms with Gasteiger partial charge < -0.3 is 28.5 Å². The van der Waals surface area contributed by atoms with Gasteiger partial charge in [-0.2, -0.15) is 0 Å². The van der Waals surface area contributed by atoms with Gasteiger partial charge in [0.15, 0.2) is 0 Å². The van der Waals surface area contributed by atoms with Crippen molar-refractivity contribution in [2.24, 2.45) is 0 Å². The lowest BCUT2D eigenvalue weighted by Crippen LogP contribution is -2.47. The average Bonchev–Trinajstić information content (AvgIpc) is 3.43. The Labute approximate surface area is 501 Å². The molecule has 3 unspecified atom stereocenters. The van der Waals surface area contributed by atoms with E-state index < -0.39 is 26.6 Å². The lowest BCUT2D eigenvalue weighted by molar-refractivity contribution is -0.870. The Balaban J connectivity index is 5.11. The van der Waals surface area contributed by atoms with Crippen molar-refractivity contribution in [3.8, 4) is 0 Å². The van der Waals surface area contributed by atoms with Crippen LogP contribution in [0.3, 0.4) is 0 Å². The molecule has 10 heteroatoms. The van der Waals surface area contributed by atoms with E-state index in [1.807, 2.05) is 33.3 Å². The second kappa shape index (κ2) is 60.3. The van der Waals surface area contributed by atoms with Crippen molar-refractivity contribution >= 4 is 19.7 Å². The number of quaternary nitrogens is 1. The number of allylic oxidation sites excluding steroid dienone is 13. The first kappa shape index (κ1) is 78.2. The maximum Gasteiger partial charge on any atom is 0.306 e. The zero-order valence-corrected chi connectivity index (χ0v) is 54.6. The van der Waals surface area contributed by atoms with Crippen LogP contribution in [0.4, 0.5) is 0 Å². The number of nitrogens with zero attached hydrogens (tertiary/aromatic N) is 1. The van der Waals surface area contributed by atoms with Gasteiger partial charge >= 0.3 is 5.97 Å². The highest BCUT2D eigenvalue weighted by atomic mass is 31.2. The molecular weight excluding hydrogens is 1020 g/mol. The molecule has 9 nitrogen and oxygen atoms in total. The first-order valence-electron chi connectivity index (χ1n) is 33.9. The summed E-state index contributed by atoms with van der Waals surface area (Å²) in [6, 6.07) is -0.908. The number of likely N-dealkylation sites (N-methyl/N-ethyl adjacent to an activating group) is 1. The van der Waals surface area contributed by atoms with E-state index >= 15 is 0 Å². The third-order valence-electron chi connectivity index (χ3n) is 14.8. The molecule has 470 valence electrons. The van der Waals surface area contributed by atoms with Crippen LogP contribution in [-0.4, -0.2) is 69.4 Å². The highest BCUT2D eigenvalue weighted by Crippen LogP contribution is 2.38. The second-order valence-electron chi connectivity index (χ2n) is 24.0. The van der Waals surface area contributed by atoms with Crippen LogP contribution in [0, 0.1) is 0 Å². The number of carbonyl (C=O) groups excluding carboxylic acids is 2. The number of phosphoric ester groups is 1. The van der Waals surface area contributed by atoms with Crippen LogP contribution in [0.2, 0.25) is 0 Å². The largest absolute Gasteiger partial charge is 0.756 e. The molecule has 3 atom stereocenters. The van der Waals surface area contributed by atoms with Gasteiger partial charge in [0.2, 0.25) is 5.91 Å². The molecule has 0 saturated carbocycles. The molecule has 0 rings (SSSR count). The number of phosphoric acid groups is 1. The van der Waals surface area contributed by atoms with E-state index in [2.05, 4.69) is 99.0 Å². The van der Waals surface area contributed by atoms with Gasteiger partial charge in [0, 0.05) is 12.8 Å². The van der Waals surface area contributed by atoms with Crippen molar-refractivity contribution in [3.05, 3.63) is 85.1 Å². The molecule has 0 aromatic carbocycles. The van der Waals surface area contributed by atoms with Crippen molar-refractivity contribution in [3.63, 3.8) is 0 Å². The maximum atomic E-state index is 13.5. The summed E-state index contributed by atoms with van der Waals surface area (Å²) in [5.41, 5.74) is 0.